The number of nitrogens with one attached hydrogen (secondary N) is 1. The molecule has 6 heteroatoms. The normalized spacial score (nSPS) is 24.4. The van der Waals surface area contributed by atoms with E-state index in [4.69, 9.17) is 5.26 Å². The lowest BCUT2D eigenvalue weighted by atomic mass is 9.82. The van der Waals surface area contributed by atoms with Crippen molar-refractivity contribution in [2.45, 2.75) is 51.0 Å². The summed E-state index contributed by atoms with van der Waals surface area (Å²) in [7, 11) is 0. The van der Waals surface area contributed by atoms with Crippen molar-refractivity contribution in [2.75, 3.05) is 0 Å². The van der Waals surface area contributed by atoms with Gasteiger partial charge in [-0.2, -0.15) is 5.26 Å². The van der Waals surface area contributed by atoms with Crippen LogP contribution in [0, 0.1) is 34.9 Å². The minimum absolute atomic E-state index is 0.204. The minimum Gasteiger partial charge on any atom is -0.346 e. The molecule has 1 N–H and O–H groups in total. The van der Waals surface area contributed by atoms with Gasteiger partial charge in [-0.15, -0.1) is 0 Å². The van der Waals surface area contributed by atoms with Crippen molar-refractivity contribution in [2.24, 2.45) is 17.8 Å². The van der Waals surface area contributed by atoms with Crippen molar-refractivity contribution in [3.05, 3.63) is 71.4 Å². The standard InChI is InChI=1S/C27H27FN4O/c1-27(2,32-26(33)25-5-3-16(14-29)15-31-25)20-11-17-9-19(10-18(17)12-20)22-7-8-30-24-6-4-21(28)13-23(22)24/h3-8,13,15,17-20H,9-12H2,1-2H3,(H,32,33)/t17-,18+,19-,20+. The summed E-state index contributed by atoms with van der Waals surface area (Å²) in [5.74, 6) is 1.62. The summed E-state index contributed by atoms with van der Waals surface area (Å²) in [5, 5.41) is 13.0. The fourth-order valence-electron chi connectivity index (χ4n) is 6.01. The third-order valence-corrected chi connectivity index (χ3v) is 7.77. The van der Waals surface area contributed by atoms with Gasteiger partial charge in [0, 0.05) is 23.3 Å². The highest BCUT2D eigenvalue weighted by Crippen LogP contribution is 2.55. The molecule has 1 amide bonds. The van der Waals surface area contributed by atoms with E-state index >= 15 is 0 Å². The third kappa shape index (κ3) is 4.08. The van der Waals surface area contributed by atoms with Crippen LogP contribution < -0.4 is 5.32 Å². The molecule has 0 unspecified atom stereocenters. The Kier molecular flexibility index (Phi) is 5.36. The Hall–Kier alpha value is -3.33. The van der Waals surface area contributed by atoms with Crippen LogP contribution in [-0.2, 0) is 0 Å². The molecular formula is C27H27FN4O. The van der Waals surface area contributed by atoms with Crippen LogP contribution in [0.1, 0.15) is 67.1 Å². The van der Waals surface area contributed by atoms with Gasteiger partial charge in [-0.3, -0.25) is 9.78 Å². The van der Waals surface area contributed by atoms with Gasteiger partial charge in [0.1, 0.15) is 17.6 Å². The van der Waals surface area contributed by atoms with Crippen molar-refractivity contribution in [3.8, 4) is 6.07 Å². The van der Waals surface area contributed by atoms with Crippen molar-refractivity contribution >= 4 is 16.8 Å². The van der Waals surface area contributed by atoms with E-state index < -0.39 is 0 Å². The fourth-order valence-corrected chi connectivity index (χ4v) is 6.01. The fraction of sp³-hybridized carbons (Fsp3) is 0.407. The number of carbonyl (C=O) groups is 1. The van der Waals surface area contributed by atoms with Crippen LogP contribution in [-0.4, -0.2) is 21.4 Å². The summed E-state index contributed by atoms with van der Waals surface area (Å²) in [6.45, 7) is 4.19. The molecule has 0 spiro atoms. The van der Waals surface area contributed by atoms with Gasteiger partial charge in [0.25, 0.3) is 5.91 Å². The second-order valence-corrected chi connectivity index (χ2v) is 10.1. The Morgan fingerprint density at radius 2 is 1.85 bits per heavy atom. The van der Waals surface area contributed by atoms with E-state index in [0.717, 1.165) is 36.6 Å². The van der Waals surface area contributed by atoms with Gasteiger partial charge in [-0.1, -0.05) is 0 Å². The first-order valence-corrected chi connectivity index (χ1v) is 11.6. The first-order valence-electron chi connectivity index (χ1n) is 11.6. The smallest absolute Gasteiger partial charge is 0.270 e. The molecule has 33 heavy (non-hydrogen) atoms. The third-order valence-electron chi connectivity index (χ3n) is 7.77. The summed E-state index contributed by atoms with van der Waals surface area (Å²) >= 11 is 0. The zero-order chi connectivity index (χ0) is 23.2. The summed E-state index contributed by atoms with van der Waals surface area (Å²) in [4.78, 5) is 21.3. The molecule has 2 aliphatic rings. The number of pyridine rings is 2. The average molecular weight is 443 g/mol. The second kappa shape index (κ2) is 8.22. The highest BCUT2D eigenvalue weighted by molar-refractivity contribution is 5.92. The molecule has 3 aromatic rings. The molecule has 0 radical (unpaired) electrons. The number of carbonyl (C=O) groups excluding carboxylic acids is 1. The monoisotopic (exact) mass is 442 g/mol. The van der Waals surface area contributed by atoms with Gasteiger partial charge in [0.05, 0.1) is 11.1 Å². The molecule has 0 bridgehead atoms. The summed E-state index contributed by atoms with van der Waals surface area (Å²) in [6.07, 6.45) is 7.61. The van der Waals surface area contributed by atoms with E-state index in [1.807, 2.05) is 12.3 Å². The van der Waals surface area contributed by atoms with Crippen LogP contribution in [0.25, 0.3) is 10.9 Å². The van der Waals surface area contributed by atoms with Gasteiger partial charge < -0.3 is 5.32 Å². The lowest BCUT2D eigenvalue weighted by Crippen LogP contribution is -2.48. The average Bonchev–Trinajstić information content (AvgIpc) is 3.38. The second-order valence-electron chi connectivity index (χ2n) is 10.1. The van der Waals surface area contributed by atoms with Crippen LogP contribution in [0.5, 0.6) is 0 Å². The summed E-state index contributed by atoms with van der Waals surface area (Å²) < 4.78 is 13.9. The van der Waals surface area contributed by atoms with E-state index in [-0.39, 0.29) is 17.3 Å². The van der Waals surface area contributed by atoms with Gasteiger partial charge >= 0.3 is 0 Å². The van der Waals surface area contributed by atoms with E-state index in [1.54, 1.807) is 24.3 Å². The van der Waals surface area contributed by atoms with Crippen LogP contribution in [0.4, 0.5) is 4.39 Å². The molecule has 168 valence electrons. The molecule has 4 atom stereocenters. The molecule has 2 aromatic heterocycles. The van der Waals surface area contributed by atoms with Crippen LogP contribution >= 0.6 is 0 Å². The molecule has 0 aliphatic heterocycles. The number of halogens is 1. The van der Waals surface area contributed by atoms with E-state index in [0.29, 0.717) is 34.9 Å². The zero-order valence-corrected chi connectivity index (χ0v) is 18.9. The number of rotatable bonds is 4. The number of hydrogen-bond acceptors (Lipinski definition) is 4. The Morgan fingerprint density at radius 3 is 2.52 bits per heavy atom. The molecule has 2 heterocycles. The SMILES string of the molecule is CC(C)(NC(=O)c1ccc(C#N)cn1)[C@H]1C[C@H]2C[C@@H](c3ccnc4ccc(F)cc34)C[C@H]2C1. The van der Waals surface area contributed by atoms with Crippen LogP contribution in [0.15, 0.2) is 48.8 Å². The van der Waals surface area contributed by atoms with Crippen molar-refractivity contribution < 1.29 is 9.18 Å². The minimum atomic E-state index is -0.348. The highest BCUT2D eigenvalue weighted by atomic mass is 19.1. The van der Waals surface area contributed by atoms with Gasteiger partial charge in [-0.25, -0.2) is 9.37 Å². The molecule has 2 saturated carbocycles. The number of nitriles is 1. The zero-order valence-electron chi connectivity index (χ0n) is 18.9. The van der Waals surface area contributed by atoms with Crippen molar-refractivity contribution in [3.63, 3.8) is 0 Å². The maximum atomic E-state index is 13.9. The highest BCUT2D eigenvalue weighted by Gasteiger charge is 2.47. The molecule has 2 aliphatic carbocycles. The predicted molar refractivity (Wildman–Crippen MR) is 124 cm³/mol. The van der Waals surface area contributed by atoms with Gasteiger partial charge in [-0.05, 0) is 105 Å². The van der Waals surface area contributed by atoms with Crippen LogP contribution in [0.3, 0.4) is 0 Å². The molecule has 0 saturated heterocycles. The summed E-state index contributed by atoms with van der Waals surface area (Å²) in [6, 6.07) is 12.1. The maximum Gasteiger partial charge on any atom is 0.270 e. The van der Waals surface area contributed by atoms with E-state index in [1.165, 1.54) is 17.8 Å². The van der Waals surface area contributed by atoms with E-state index in [9.17, 15) is 9.18 Å². The number of aromatic nitrogens is 2. The Morgan fingerprint density at radius 1 is 1.09 bits per heavy atom. The van der Waals surface area contributed by atoms with Crippen molar-refractivity contribution in [1.82, 2.24) is 15.3 Å². The number of nitrogens with zero attached hydrogens (tertiary/aromatic N) is 3. The summed E-state index contributed by atoms with van der Waals surface area (Å²) in [5.41, 5.74) is 2.48. The number of hydrogen-bond donors (Lipinski definition) is 1. The van der Waals surface area contributed by atoms with Crippen LogP contribution in [0.2, 0.25) is 0 Å². The molecule has 5 rings (SSSR count). The van der Waals surface area contributed by atoms with Gasteiger partial charge in [0.15, 0.2) is 0 Å². The first-order chi connectivity index (χ1) is 15.8. The molecule has 1 aromatic carbocycles. The Labute approximate surface area is 193 Å². The predicted octanol–water partition coefficient (Wildman–Crippen LogP) is 5.37. The van der Waals surface area contributed by atoms with E-state index in [2.05, 4.69) is 35.2 Å². The molecule has 5 nitrogen and oxygen atoms in total. The largest absolute Gasteiger partial charge is 0.346 e. The number of amides is 1. The van der Waals surface area contributed by atoms with Gasteiger partial charge in [0.2, 0.25) is 0 Å². The lowest BCUT2D eigenvalue weighted by molar-refractivity contribution is 0.0872. The first kappa shape index (κ1) is 21.5. The quantitative estimate of drug-likeness (QED) is 0.589. The number of fused-ring (bicyclic) bond motifs is 2. The maximum absolute atomic E-state index is 13.9. The molecule has 2 fully saturated rings. The topological polar surface area (TPSA) is 78.7 Å². The molecular weight excluding hydrogens is 415 g/mol. The lowest BCUT2D eigenvalue weighted by Gasteiger charge is -2.33. The Balaban J connectivity index is 1.26. The van der Waals surface area contributed by atoms with Crippen molar-refractivity contribution in [1.29, 1.82) is 5.26 Å². The number of benzene rings is 1. The Bertz CT molecular complexity index is 1230.